The minimum atomic E-state index is 0.565. The van der Waals surface area contributed by atoms with Crippen molar-refractivity contribution in [1.29, 1.82) is 0 Å². The maximum atomic E-state index is 5.81. The molecular formula is C25H31N3O2S. The van der Waals surface area contributed by atoms with E-state index in [-0.39, 0.29) is 0 Å². The lowest BCUT2D eigenvalue weighted by Gasteiger charge is -2.07. The zero-order valence-corrected chi connectivity index (χ0v) is 19.2. The number of hydrogen-bond donors (Lipinski definition) is 0. The highest BCUT2D eigenvalue weighted by Crippen LogP contribution is 2.21. The van der Waals surface area contributed by atoms with Gasteiger partial charge in [-0.15, -0.1) is 22.0 Å². The summed E-state index contributed by atoms with van der Waals surface area (Å²) in [6, 6.07) is 18.1. The second-order valence-electron chi connectivity index (χ2n) is 7.54. The molecule has 0 unspecified atom stereocenters. The molecule has 1 heterocycles. The van der Waals surface area contributed by atoms with Crippen LogP contribution in [0, 0.1) is 0 Å². The molecule has 3 rings (SSSR count). The second-order valence-corrected chi connectivity index (χ2v) is 8.64. The minimum Gasteiger partial charge on any atom is -0.493 e. The zero-order chi connectivity index (χ0) is 21.7. The van der Waals surface area contributed by atoms with Crippen LogP contribution in [0.5, 0.6) is 5.75 Å². The van der Waals surface area contributed by atoms with Gasteiger partial charge in [0.25, 0.3) is 0 Å². The van der Waals surface area contributed by atoms with Crippen molar-refractivity contribution in [3.63, 3.8) is 0 Å². The normalized spacial score (nSPS) is 11.5. The molecule has 0 spiro atoms. The third-order valence-corrected chi connectivity index (χ3v) is 5.53. The molecule has 5 nitrogen and oxygen atoms in total. The van der Waals surface area contributed by atoms with E-state index in [2.05, 4.69) is 53.5 Å². The summed E-state index contributed by atoms with van der Waals surface area (Å²) in [7, 11) is 4.23. The Kier molecular flexibility index (Phi) is 9.67. The van der Waals surface area contributed by atoms with Gasteiger partial charge in [-0.05, 0) is 69.7 Å². The van der Waals surface area contributed by atoms with Crippen molar-refractivity contribution in [2.24, 2.45) is 0 Å². The number of ether oxygens (including phenoxy) is 1. The summed E-state index contributed by atoms with van der Waals surface area (Å²) < 4.78 is 11.5. The predicted molar refractivity (Wildman–Crippen MR) is 129 cm³/mol. The summed E-state index contributed by atoms with van der Waals surface area (Å²) >= 11 is 1.72. The molecule has 0 N–H and O–H groups in total. The Morgan fingerprint density at radius 3 is 2.58 bits per heavy atom. The van der Waals surface area contributed by atoms with Crippen LogP contribution in [0.25, 0.3) is 17.5 Å². The first-order chi connectivity index (χ1) is 15.2. The first kappa shape index (κ1) is 23.1. The Labute approximate surface area is 189 Å². The van der Waals surface area contributed by atoms with Gasteiger partial charge < -0.3 is 14.1 Å². The van der Waals surface area contributed by atoms with Crippen LogP contribution in [0.1, 0.15) is 30.7 Å². The van der Waals surface area contributed by atoms with E-state index in [0.29, 0.717) is 24.1 Å². The van der Waals surface area contributed by atoms with Crippen molar-refractivity contribution in [3.8, 4) is 17.2 Å². The summed E-state index contributed by atoms with van der Waals surface area (Å²) in [5.74, 6) is 3.64. The molecule has 0 aliphatic heterocycles. The van der Waals surface area contributed by atoms with Crippen LogP contribution in [0.2, 0.25) is 0 Å². The van der Waals surface area contributed by atoms with Gasteiger partial charge in [0.1, 0.15) is 5.75 Å². The van der Waals surface area contributed by atoms with Crippen molar-refractivity contribution in [2.75, 3.05) is 33.0 Å². The van der Waals surface area contributed by atoms with Gasteiger partial charge in [0.2, 0.25) is 11.8 Å². The average Bonchev–Trinajstić information content (AvgIpc) is 3.26. The molecule has 0 aliphatic rings. The molecule has 0 amide bonds. The van der Waals surface area contributed by atoms with E-state index in [4.69, 9.17) is 9.15 Å². The zero-order valence-electron chi connectivity index (χ0n) is 18.4. The van der Waals surface area contributed by atoms with Crippen LogP contribution in [-0.2, 0) is 5.75 Å². The molecule has 0 saturated carbocycles. The monoisotopic (exact) mass is 437 g/mol. The fourth-order valence-electron chi connectivity index (χ4n) is 2.97. The lowest BCUT2D eigenvalue weighted by Crippen LogP contribution is -2.12. The predicted octanol–water partition coefficient (Wildman–Crippen LogP) is 5.79. The highest BCUT2D eigenvalue weighted by molar-refractivity contribution is 7.98. The highest BCUT2D eigenvalue weighted by Gasteiger charge is 2.08. The van der Waals surface area contributed by atoms with Crippen molar-refractivity contribution >= 4 is 17.8 Å². The highest BCUT2D eigenvalue weighted by atomic mass is 32.2. The van der Waals surface area contributed by atoms with Gasteiger partial charge in [-0.2, -0.15) is 0 Å². The van der Waals surface area contributed by atoms with Crippen LogP contribution in [0.3, 0.4) is 0 Å². The number of thioether (sulfide) groups is 1. The van der Waals surface area contributed by atoms with Gasteiger partial charge >= 0.3 is 0 Å². The molecule has 0 bridgehead atoms. The Hall–Kier alpha value is -2.57. The van der Waals surface area contributed by atoms with Gasteiger partial charge in [0, 0.05) is 11.3 Å². The fraction of sp³-hybridized carbons (Fsp3) is 0.360. The third-order valence-electron chi connectivity index (χ3n) is 4.63. The van der Waals surface area contributed by atoms with Crippen molar-refractivity contribution < 1.29 is 9.15 Å². The van der Waals surface area contributed by atoms with E-state index >= 15 is 0 Å². The van der Waals surface area contributed by atoms with E-state index in [1.165, 1.54) is 18.4 Å². The topological polar surface area (TPSA) is 51.4 Å². The van der Waals surface area contributed by atoms with Crippen LogP contribution in [0.15, 0.2) is 65.1 Å². The molecule has 1 aromatic heterocycles. The van der Waals surface area contributed by atoms with E-state index in [9.17, 15) is 0 Å². The first-order valence-electron chi connectivity index (χ1n) is 10.7. The molecule has 0 fully saturated rings. The summed E-state index contributed by atoms with van der Waals surface area (Å²) in [6.07, 6.45) is 7.97. The third kappa shape index (κ3) is 8.59. The number of benzene rings is 2. The number of rotatable bonds is 13. The van der Waals surface area contributed by atoms with Gasteiger partial charge in [-0.1, -0.05) is 42.5 Å². The number of nitrogens with zero attached hydrogens (tertiary/aromatic N) is 3. The molecule has 0 atom stereocenters. The SMILES string of the molecule is CN(C)CCCCC=Cc1ccc(-c2nnc(CSCCOc3ccccc3)o2)cc1. The van der Waals surface area contributed by atoms with Crippen LogP contribution >= 0.6 is 11.8 Å². The molecule has 0 saturated heterocycles. The van der Waals surface area contributed by atoms with Crippen molar-refractivity contribution in [2.45, 2.75) is 25.0 Å². The number of hydrogen-bond acceptors (Lipinski definition) is 6. The molecule has 0 aliphatic carbocycles. The molecule has 6 heteroatoms. The Morgan fingerprint density at radius 2 is 1.81 bits per heavy atom. The number of aromatic nitrogens is 2. The Balaban J connectivity index is 1.38. The Bertz CT molecular complexity index is 908. The van der Waals surface area contributed by atoms with Crippen molar-refractivity contribution in [1.82, 2.24) is 15.1 Å². The molecular weight excluding hydrogens is 406 g/mol. The maximum Gasteiger partial charge on any atom is 0.247 e. The van der Waals surface area contributed by atoms with Gasteiger partial charge in [0.05, 0.1) is 12.4 Å². The molecule has 3 aromatic rings. The molecule has 164 valence electrons. The summed E-state index contributed by atoms with van der Waals surface area (Å²) in [6.45, 7) is 1.80. The van der Waals surface area contributed by atoms with Gasteiger partial charge in [0.15, 0.2) is 0 Å². The van der Waals surface area contributed by atoms with Crippen LogP contribution in [0.4, 0.5) is 0 Å². The van der Waals surface area contributed by atoms with Gasteiger partial charge in [-0.3, -0.25) is 0 Å². The van der Waals surface area contributed by atoms with Crippen LogP contribution in [-0.4, -0.2) is 48.1 Å². The maximum absolute atomic E-state index is 5.81. The first-order valence-corrected chi connectivity index (χ1v) is 11.9. The summed E-state index contributed by atoms with van der Waals surface area (Å²) in [5.41, 5.74) is 2.13. The summed E-state index contributed by atoms with van der Waals surface area (Å²) in [4.78, 5) is 2.23. The van der Waals surface area contributed by atoms with E-state index in [1.54, 1.807) is 11.8 Å². The van der Waals surface area contributed by atoms with Crippen molar-refractivity contribution in [3.05, 3.63) is 72.1 Å². The minimum absolute atomic E-state index is 0.565. The lowest BCUT2D eigenvalue weighted by molar-refractivity contribution is 0.344. The lowest BCUT2D eigenvalue weighted by atomic mass is 10.1. The van der Waals surface area contributed by atoms with E-state index in [1.807, 2.05) is 42.5 Å². The smallest absolute Gasteiger partial charge is 0.247 e. The molecule has 0 radical (unpaired) electrons. The molecule has 2 aromatic carbocycles. The summed E-state index contributed by atoms with van der Waals surface area (Å²) in [5, 5.41) is 8.35. The van der Waals surface area contributed by atoms with Gasteiger partial charge in [-0.25, -0.2) is 0 Å². The second kappa shape index (κ2) is 13.0. The van der Waals surface area contributed by atoms with E-state index < -0.39 is 0 Å². The van der Waals surface area contributed by atoms with E-state index in [0.717, 1.165) is 30.0 Å². The fourth-order valence-corrected chi connectivity index (χ4v) is 3.61. The number of allylic oxidation sites excluding steroid dienone is 1. The quantitative estimate of drug-likeness (QED) is 0.315. The number of para-hydroxylation sites is 1. The average molecular weight is 438 g/mol. The largest absolute Gasteiger partial charge is 0.493 e. The standard InChI is InChI=1S/C25H31N3O2S/c1-28(2)17-9-4-3-6-10-21-13-15-22(16-14-21)25-27-26-24(30-25)20-31-19-18-29-23-11-7-5-8-12-23/h5-8,10-16H,3-4,9,17-20H2,1-2H3. The Morgan fingerprint density at radius 1 is 1.00 bits per heavy atom. The number of unbranched alkanes of at least 4 members (excludes halogenated alkanes) is 2. The molecule has 31 heavy (non-hydrogen) atoms. The van der Waals surface area contributed by atoms with Crippen LogP contribution < -0.4 is 4.74 Å².